The molecule has 116 valence electrons. The molecule has 1 aromatic rings. The lowest BCUT2D eigenvalue weighted by Crippen LogP contribution is -2.56. The topological polar surface area (TPSA) is 24.5 Å². The molecule has 0 saturated carbocycles. The second kappa shape index (κ2) is 6.27. The van der Waals surface area contributed by atoms with Gasteiger partial charge in [0.2, 0.25) is 0 Å². The van der Waals surface area contributed by atoms with Crippen LogP contribution < -0.4 is 15.0 Å². The van der Waals surface area contributed by atoms with Crippen LogP contribution in [0.1, 0.15) is 44.6 Å². The molecule has 2 aliphatic heterocycles. The van der Waals surface area contributed by atoms with E-state index >= 15 is 0 Å². The van der Waals surface area contributed by atoms with Crippen molar-refractivity contribution in [1.82, 2.24) is 5.32 Å². The zero-order chi connectivity index (χ0) is 14.8. The molecule has 2 atom stereocenters. The highest BCUT2D eigenvalue weighted by atomic mass is 16.5. The number of ether oxygens (including phenoxy) is 1. The minimum absolute atomic E-state index is 0.702. The number of benzene rings is 1. The fourth-order valence-corrected chi connectivity index (χ4v) is 4.27. The van der Waals surface area contributed by atoms with E-state index in [-0.39, 0.29) is 0 Å². The number of piperidine rings is 2. The molecule has 0 amide bonds. The average Bonchev–Trinajstić information content (AvgIpc) is 2.47. The van der Waals surface area contributed by atoms with Gasteiger partial charge in [-0.05, 0) is 69.3 Å². The van der Waals surface area contributed by atoms with Crippen LogP contribution in [0, 0.1) is 6.92 Å². The number of hydrogen-bond acceptors (Lipinski definition) is 3. The summed E-state index contributed by atoms with van der Waals surface area (Å²) in [4.78, 5) is 2.71. The fourth-order valence-electron chi connectivity index (χ4n) is 4.27. The van der Waals surface area contributed by atoms with Crippen molar-refractivity contribution in [3.63, 3.8) is 0 Å². The van der Waals surface area contributed by atoms with Crippen LogP contribution in [0.2, 0.25) is 0 Å². The number of nitrogens with zero attached hydrogens (tertiary/aromatic N) is 1. The third-order valence-corrected chi connectivity index (χ3v) is 5.15. The second-order valence-corrected chi connectivity index (χ2v) is 6.52. The molecule has 3 nitrogen and oxygen atoms in total. The number of methoxy groups -OCH3 is 1. The highest BCUT2D eigenvalue weighted by Crippen LogP contribution is 2.39. The first-order chi connectivity index (χ1) is 10.2. The van der Waals surface area contributed by atoms with Crippen LogP contribution >= 0.6 is 0 Å². The lowest BCUT2D eigenvalue weighted by Gasteiger charge is -2.51. The number of hydrogen-bond donors (Lipinski definition) is 1. The predicted octanol–water partition coefficient (Wildman–Crippen LogP) is 3.50. The van der Waals surface area contributed by atoms with Crippen LogP contribution in [0.4, 0.5) is 5.69 Å². The van der Waals surface area contributed by atoms with E-state index in [9.17, 15) is 0 Å². The number of rotatable bonds is 4. The van der Waals surface area contributed by atoms with Gasteiger partial charge < -0.3 is 15.0 Å². The minimum atomic E-state index is 0.702. The first-order valence-corrected chi connectivity index (χ1v) is 8.39. The monoisotopic (exact) mass is 288 g/mol. The lowest BCUT2D eigenvalue weighted by atomic mass is 9.81. The standard InChI is InChI=1S/C18H28N2O/c1-4-19-14-11-15-6-5-7-16(12-14)20(15)18-9-8-17(21-3)10-13(18)2/h8-10,14-16,19H,4-7,11-12H2,1-3H3. The maximum absolute atomic E-state index is 5.35. The van der Waals surface area contributed by atoms with Crippen molar-refractivity contribution in [3.8, 4) is 5.75 Å². The van der Waals surface area contributed by atoms with E-state index in [2.05, 4.69) is 42.3 Å². The van der Waals surface area contributed by atoms with Gasteiger partial charge in [0.25, 0.3) is 0 Å². The summed E-state index contributed by atoms with van der Waals surface area (Å²) in [6, 6.07) is 8.64. The van der Waals surface area contributed by atoms with Crippen molar-refractivity contribution >= 4 is 5.69 Å². The molecule has 2 fully saturated rings. The van der Waals surface area contributed by atoms with Crippen molar-refractivity contribution in [1.29, 1.82) is 0 Å². The van der Waals surface area contributed by atoms with Gasteiger partial charge in [-0.2, -0.15) is 0 Å². The summed E-state index contributed by atoms with van der Waals surface area (Å²) < 4.78 is 5.35. The van der Waals surface area contributed by atoms with E-state index in [1.54, 1.807) is 7.11 Å². The van der Waals surface area contributed by atoms with Crippen molar-refractivity contribution in [2.24, 2.45) is 0 Å². The first-order valence-electron chi connectivity index (χ1n) is 8.39. The van der Waals surface area contributed by atoms with Crippen molar-refractivity contribution < 1.29 is 4.74 Å². The molecular weight excluding hydrogens is 260 g/mol. The summed E-state index contributed by atoms with van der Waals surface area (Å²) >= 11 is 0. The molecule has 3 heteroatoms. The summed E-state index contributed by atoms with van der Waals surface area (Å²) in [5.74, 6) is 0.962. The summed E-state index contributed by atoms with van der Waals surface area (Å²) in [5, 5.41) is 3.67. The molecule has 1 N–H and O–H groups in total. The largest absolute Gasteiger partial charge is 0.497 e. The van der Waals surface area contributed by atoms with Gasteiger partial charge in [-0.15, -0.1) is 0 Å². The Labute approximate surface area is 128 Å². The SMILES string of the molecule is CCNC1CC2CCCC(C1)N2c1ccc(OC)cc1C. The molecule has 2 unspecified atom stereocenters. The van der Waals surface area contributed by atoms with Gasteiger partial charge >= 0.3 is 0 Å². The van der Waals surface area contributed by atoms with Gasteiger partial charge in [-0.1, -0.05) is 6.92 Å². The average molecular weight is 288 g/mol. The van der Waals surface area contributed by atoms with Gasteiger partial charge in [0.1, 0.15) is 5.75 Å². The zero-order valence-corrected chi connectivity index (χ0v) is 13.6. The molecule has 0 spiro atoms. The number of aryl methyl sites for hydroxylation is 1. The number of nitrogens with one attached hydrogen (secondary N) is 1. The quantitative estimate of drug-likeness (QED) is 0.917. The van der Waals surface area contributed by atoms with Crippen LogP contribution in [0.25, 0.3) is 0 Å². The molecule has 1 aromatic carbocycles. The normalized spacial score (nSPS) is 28.5. The van der Waals surface area contributed by atoms with E-state index < -0.39 is 0 Å². The van der Waals surface area contributed by atoms with Gasteiger partial charge in [0, 0.05) is 23.8 Å². The molecule has 2 aliphatic rings. The Bertz CT molecular complexity index is 474. The van der Waals surface area contributed by atoms with Crippen LogP contribution in [-0.4, -0.2) is 31.8 Å². The Hall–Kier alpha value is -1.22. The molecule has 2 bridgehead atoms. The molecule has 21 heavy (non-hydrogen) atoms. The molecule has 3 rings (SSSR count). The summed E-state index contributed by atoms with van der Waals surface area (Å²) in [7, 11) is 1.74. The maximum Gasteiger partial charge on any atom is 0.119 e. The molecule has 0 aliphatic carbocycles. The van der Waals surface area contributed by atoms with Gasteiger partial charge in [0.15, 0.2) is 0 Å². The third kappa shape index (κ3) is 2.89. The second-order valence-electron chi connectivity index (χ2n) is 6.52. The zero-order valence-electron chi connectivity index (χ0n) is 13.6. The predicted molar refractivity (Wildman–Crippen MR) is 88.3 cm³/mol. The Morgan fingerprint density at radius 2 is 1.95 bits per heavy atom. The summed E-state index contributed by atoms with van der Waals surface area (Å²) in [5.41, 5.74) is 2.76. The summed E-state index contributed by atoms with van der Waals surface area (Å²) in [6.07, 6.45) is 6.64. The molecule has 0 radical (unpaired) electrons. The first kappa shape index (κ1) is 14.7. The minimum Gasteiger partial charge on any atom is -0.497 e. The molecular formula is C18H28N2O. The lowest BCUT2D eigenvalue weighted by molar-refractivity contribution is 0.247. The maximum atomic E-state index is 5.35. The van der Waals surface area contributed by atoms with E-state index in [0.717, 1.165) is 12.3 Å². The third-order valence-electron chi connectivity index (χ3n) is 5.15. The van der Waals surface area contributed by atoms with Crippen molar-refractivity contribution in [2.45, 2.75) is 64.1 Å². The highest BCUT2D eigenvalue weighted by Gasteiger charge is 2.38. The molecule has 2 heterocycles. The molecule has 0 aromatic heterocycles. The van der Waals surface area contributed by atoms with Crippen LogP contribution in [0.3, 0.4) is 0 Å². The Morgan fingerprint density at radius 3 is 2.52 bits per heavy atom. The van der Waals surface area contributed by atoms with Crippen LogP contribution in [0.5, 0.6) is 5.75 Å². The van der Waals surface area contributed by atoms with Gasteiger partial charge in [0.05, 0.1) is 7.11 Å². The van der Waals surface area contributed by atoms with Gasteiger partial charge in [-0.3, -0.25) is 0 Å². The van der Waals surface area contributed by atoms with E-state index in [1.165, 1.54) is 43.4 Å². The number of fused-ring (bicyclic) bond motifs is 2. The van der Waals surface area contributed by atoms with Crippen molar-refractivity contribution in [3.05, 3.63) is 23.8 Å². The van der Waals surface area contributed by atoms with E-state index in [4.69, 9.17) is 4.74 Å². The Morgan fingerprint density at radius 1 is 1.24 bits per heavy atom. The molecule has 2 saturated heterocycles. The van der Waals surface area contributed by atoms with E-state index in [1.807, 2.05) is 0 Å². The Balaban J connectivity index is 1.85. The van der Waals surface area contributed by atoms with E-state index in [0.29, 0.717) is 18.1 Å². The Kier molecular flexibility index (Phi) is 4.39. The fraction of sp³-hybridized carbons (Fsp3) is 0.667. The smallest absolute Gasteiger partial charge is 0.119 e. The van der Waals surface area contributed by atoms with Gasteiger partial charge in [-0.25, -0.2) is 0 Å². The van der Waals surface area contributed by atoms with Crippen molar-refractivity contribution in [2.75, 3.05) is 18.6 Å². The highest BCUT2D eigenvalue weighted by molar-refractivity contribution is 5.58. The van der Waals surface area contributed by atoms with Crippen LogP contribution in [0.15, 0.2) is 18.2 Å². The number of anilines is 1. The van der Waals surface area contributed by atoms with Crippen LogP contribution in [-0.2, 0) is 0 Å². The summed E-state index contributed by atoms with van der Waals surface area (Å²) in [6.45, 7) is 5.52.